The van der Waals surface area contributed by atoms with Crippen LogP contribution in [0.4, 0.5) is 0 Å². The Kier molecular flexibility index (Phi) is 3.48. The molecule has 5 nitrogen and oxygen atoms in total. The molecular weight excluding hydrogens is 242 g/mol. The standard InChI is InChI=1S/C14H19N3O2/c18-14(19)11-5-4-10-8-15-9-12(13(10)16-11)17-6-2-1-3-7-17/h4-5,12,15H,1-3,6-9H2,(H,18,19). The summed E-state index contributed by atoms with van der Waals surface area (Å²) in [5, 5.41) is 12.5. The first-order valence-electron chi connectivity index (χ1n) is 6.93. The van der Waals surface area contributed by atoms with Crippen molar-refractivity contribution in [3.8, 4) is 0 Å². The van der Waals surface area contributed by atoms with E-state index in [4.69, 9.17) is 5.11 Å². The maximum Gasteiger partial charge on any atom is 0.354 e. The summed E-state index contributed by atoms with van der Waals surface area (Å²) in [6.07, 6.45) is 3.75. The van der Waals surface area contributed by atoms with Crippen molar-refractivity contribution in [2.45, 2.75) is 31.8 Å². The fourth-order valence-corrected chi connectivity index (χ4v) is 3.03. The van der Waals surface area contributed by atoms with E-state index in [1.54, 1.807) is 6.07 Å². The Morgan fingerprint density at radius 3 is 2.84 bits per heavy atom. The first-order valence-corrected chi connectivity index (χ1v) is 6.93. The molecule has 0 spiro atoms. The number of carbonyl (C=O) groups is 1. The molecule has 0 bridgehead atoms. The third-order valence-electron chi connectivity index (χ3n) is 4.03. The van der Waals surface area contributed by atoms with E-state index in [0.717, 1.165) is 37.4 Å². The number of hydrogen-bond acceptors (Lipinski definition) is 4. The molecule has 1 aromatic rings. The van der Waals surface area contributed by atoms with Gasteiger partial charge in [-0.15, -0.1) is 0 Å². The number of rotatable bonds is 2. The predicted molar refractivity (Wildman–Crippen MR) is 71.1 cm³/mol. The summed E-state index contributed by atoms with van der Waals surface area (Å²) in [6.45, 7) is 3.82. The van der Waals surface area contributed by atoms with Crippen molar-refractivity contribution in [1.29, 1.82) is 0 Å². The van der Waals surface area contributed by atoms with Gasteiger partial charge in [-0.1, -0.05) is 12.5 Å². The third-order valence-corrected chi connectivity index (χ3v) is 4.03. The van der Waals surface area contributed by atoms with E-state index in [1.807, 2.05) is 6.07 Å². The molecule has 3 heterocycles. The Bertz CT molecular complexity index is 484. The second kappa shape index (κ2) is 5.27. The zero-order valence-electron chi connectivity index (χ0n) is 10.9. The van der Waals surface area contributed by atoms with Gasteiger partial charge >= 0.3 is 5.97 Å². The lowest BCUT2D eigenvalue weighted by atomic mass is 9.98. The van der Waals surface area contributed by atoms with Gasteiger partial charge in [-0.05, 0) is 37.6 Å². The minimum atomic E-state index is -0.946. The van der Waals surface area contributed by atoms with Crippen LogP contribution in [0.5, 0.6) is 0 Å². The van der Waals surface area contributed by atoms with Crippen molar-refractivity contribution in [3.63, 3.8) is 0 Å². The molecule has 2 aliphatic rings. The highest BCUT2D eigenvalue weighted by Crippen LogP contribution is 2.28. The summed E-state index contributed by atoms with van der Waals surface area (Å²) in [7, 11) is 0. The van der Waals surface area contributed by atoms with Crippen LogP contribution in [0.25, 0.3) is 0 Å². The van der Waals surface area contributed by atoms with Gasteiger partial charge < -0.3 is 10.4 Å². The fraction of sp³-hybridized carbons (Fsp3) is 0.571. The largest absolute Gasteiger partial charge is 0.477 e. The minimum absolute atomic E-state index is 0.155. The average Bonchev–Trinajstić information content (AvgIpc) is 2.47. The number of carboxylic acid groups (broad SMARTS) is 1. The van der Waals surface area contributed by atoms with Gasteiger partial charge in [0.15, 0.2) is 0 Å². The van der Waals surface area contributed by atoms with Crippen molar-refractivity contribution in [1.82, 2.24) is 15.2 Å². The number of likely N-dealkylation sites (tertiary alicyclic amines) is 1. The molecule has 1 fully saturated rings. The summed E-state index contributed by atoms with van der Waals surface area (Å²) in [5.41, 5.74) is 2.25. The minimum Gasteiger partial charge on any atom is -0.477 e. The van der Waals surface area contributed by atoms with Gasteiger partial charge in [-0.3, -0.25) is 4.90 Å². The summed E-state index contributed by atoms with van der Waals surface area (Å²) >= 11 is 0. The molecule has 0 aromatic carbocycles. The maximum absolute atomic E-state index is 11.1. The van der Waals surface area contributed by atoms with Gasteiger partial charge in [0, 0.05) is 13.1 Å². The van der Waals surface area contributed by atoms with Crippen LogP contribution in [-0.2, 0) is 6.54 Å². The van der Waals surface area contributed by atoms with Crippen LogP contribution in [0.3, 0.4) is 0 Å². The van der Waals surface area contributed by atoms with Crippen LogP contribution >= 0.6 is 0 Å². The molecule has 2 aliphatic heterocycles. The van der Waals surface area contributed by atoms with E-state index in [1.165, 1.54) is 19.3 Å². The first kappa shape index (κ1) is 12.6. The molecule has 1 unspecified atom stereocenters. The van der Waals surface area contributed by atoms with Crippen LogP contribution in [0, 0.1) is 0 Å². The van der Waals surface area contributed by atoms with Crippen LogP contribution in [0.15, 0.2) is 12.1 Å². The van der Waals surface area contributed by atoms with Gasteiger partial charge in [0.2, 0.25) is 0 Å². The van der Waals surface area contributed by atoms with Gasteiger partial charge in [0.1, 0.15) is 5.69 Å². The SMILES string of the molecule is O=C(O)c1ccc2c(n1)C(N1CCCCC1)CNC2. The average molecular weight is 261 g/mol. The summed E-state index contributed by atoms with van der Waals surface area (Å²) in [4.78, 5) is 17.9. The van der Waals surface area contributed by atoms with Crippen molar-refractivity contribution in [2.75, 3.05) is 19.6 Å². The van der Waals surface area contributed by atoms with Crippen molar-refractivity contribution < 1.29 is 9.90 Å². The Hall–Kier alpha value is -1.46. The highest BCUT2D eigenvalue weighted by Gasteiger charge is 2.28. The lowest BCUT2D eigenvalue weighted by Gasteiger charge is -2.37. The number of aromatic nitrogens is 1. The maximum atomic E-state index is 11.1. The Labute approximate surface area is 112 Å². The topological polar surface area (TPSA) is 65.5 Å². The van der Waals surface area contributed by atoms with E-state index < -0.39 is 5.97 Å². The second-order valence-corrected chi connectivity index (χ2v) is 5.29. The molecule has 1 aromatic heterocycles. The Morgan fingerprint density at radius 1 is 1.32 bits per heavy atom. The molecule has 2 N–H and O–H groups in total. The fourth-order valence-electron chi connectivity index (χ4n) is 3.03. The number of fused-ring (bicyclic) bond motifs is 1. The molecule has 102 valence electrons. The number of hydrogen-bond donors (Lipinski definition) is 2. The molecule has 0 amide bonds. The van der Waals surface area contributed by atoms with E-state index in [2.05, 4.69) is 15.2 Å². The molecule has 0 saturated carbocycles. The van der Waals surface area contributed by atoms with E-state index >= 15 is 0 Å². The number of nitrogens with one attached hydrogen (secondary N) is 1. The zero-order valence-corrected chi connectivity index (χ0v) is 10.9. The molecular formula is C14H19N3O2. The van der Waals surface area contributed by atoms with E-state index in [0.29, 0.717) is 0 Å². The Balaban J connectivity index is 1.92. The summed E-state index contributed by atoms with van der Waals surface area (Å²) in [6, 6.07) is 3.72. The zero-order chi connectivity index (χ0) is 13.2. The van der Waals surface area contributed by atoms with E-state index in [-0.39, 0.29) is 11.7 Å². The highest BCUT2D eigenvalue weighted by molar-refractivity contribution is 5.85. The first-order chi connectivity index (χ1) is 9.25. The van der Waals surface area contributed by atoms with Gasteiger partial charge in [-0.2, -0.15) is 0 Å². The van der Waals surface area contributed by atoms with Crippen LogP contribution in [-0.4, -0.2) is 40.6 Å². The number of carboxylic acids is 1. The van der Waals surface area contributed by atoms with Crippen LogP contribution in [0.2, 0.25) is 0 Å². The van der Waals surface area contributed by atoms with Gasteiger partial charge in [0.05, 0.1) is 11.7 Å². The van der Waals surface area contributed by atoms with Crippen molar-refractivity contribution in [3.05, 3.63) is 29.1 Å². The summed E-state index contributed by atoms with van der Waals surface area (Å²) < 4.78 is 0. The lowest BCUT2D eigenvalue weighted by Crippen LogP contribution is -2.42. The van der Waals surface area contributed by atoms with E-state index in [9.17, 15) is 4.79 Å². The quantitative estimate of drug-likeness (QED) is 0.842. The molecule has 0 radical (unpaired) electrons. The summed E-state index contributed by atoms with van der Waals surface area (Å²) in [5.74, 6) is -0.946. The number of piperidine rings is 1. The number of aromatic carboxylic acids is 1. The molecule has 0 aliphatic carbocycles. The van der Waals surface area contributed by atoms with Crippen LogP contribution < -0.4 is 5.32 Å². The molecule has 5 heteroatoms. The van der Waals surface area contributed by atoms with Crippen molar-refractivity contribution in [2.24, 2.45) is 0 Å². The number of pyridine rings is 1. The lowest BCUT2D eigenvalue weighted by molar-refractivity contribution is 0.0689. The van der Waals surface area contributed by atoms with Crippen LogP contribution in [0.1, 0.15) is 47.1 Å². The molecule has 19 heavy (non-hydrogen) atoms. The monoisotopic (exact) mass is 261 g/mol. The third kappa shape index (κ3) is 2.48. The molecule has 1 atom stereocenters. The highest BCUT2D eigenvalue weighted by atomic mass is 16.4. The second-order valence-electron chi connectivity index (χ2n) is 5.29. The predicted octanol–water partition coefficient (Wildman–Crippen LogP) is 1.41. The smallest absolute Gasteiger partial charge is 0.354 e. The number of nitrogens with zero attached hydrogens (tertiary/aromatic N) is 2. The van der Waals surface area contributed by atoms with Gasteiger partial charge in [0.25, 0.3) is 0 Å². The Morgan fingerprint density at radius 2 is 2.11 bits per heavy atom. The molecule has 3 rings (SSSR count). The van der Waals surface area contributed by atoms with Gasteiger partial charge in [-0.25, -0.2) is 9.78 Å². The van der Waals surface area contributed by atoms with Crippen molar-refractivity contribution >= 4 is 5.97 Å². The molecule has 1 saturated heterocycles. The normalized spacial score (nSPS) is 23.9.